The maximum Gasteiger partial charge on any atom is 0.278 e. The molecule has 1 aliphatic rings. The maximum absolute atomic E-state index is 14.0. The van der Waals surface area contributed by atoms with Crippen molar-refractivity contribution in [1.29, 1.82) is 5.26 Å². The first-order valence-electron chi connectivity index (χ1n) is 12.1. The zero-order chi connectivity index (χ0) is 24.6. The molecule has 0 spiro atoms. The fraction of sp³-hybridized carbons (Fsp3) is 0.259. The van der Waals surface area contributed by atoms with Crippen molar-refractivity contribution in [2.24, 2.45) is 5.73 Å². The van der Waals surface area contributed by atoms with Crippen molar-refractivity contribution in [3.05, 3.63) is 94.4 Å². The van der Waals surface area contributed by atoms with Gasteiger partial charge in [0.15, 0.2) is 0 Å². The van der Waals surface area contributed by atoms with Crippen LogP contribution in [0.25, 0.3) is 16.7 Å². The summed E-state index contributed by atoms with van der Waals surface area (Å²) >= 11 is 0. The Morgan fingerprint density at radius 3 is 2.68 bits per heavy atom. The van der Waals surface area contributed by atoms with Crippen LogP contribution in [0.5, 0.6) is 0 Å². The van der Waals surface area contributed by atoms with E-state index in [2.05, 4.69) is 20.9 Å². The van der Waals surface area contributed by atoms with Crippen molar-refractivity contribution in [2.75, 3.05) is 18.0 Å². The topological polar surface area (TPSA) is 110 Å². The minimum Gasteiger partial charge on any atom is -0.355 e. The van der Waals surface area contributed by atoms with Gasteiger partial charge in [-0.25, -0.2) is 9.97 Å². The lowest BCUT2D eigenvalue weighted by Gasteiger charge is -2.33. The number of nitriles is 1. The van der Waals surface area contributed by atoms with E-state index >= 15 is 0 Å². The summed E-state index contributed by atoms with van der Waals surface area (Å²) in [6.07, 6.45) is 7.12. The summed E-state index contributed by atoms with van der Waals surface area (Å²) in [7, 11) is 0. The van der Waals surface area contributed by atoms with E-state index in [1.165, 1.54) is 6.33 Å². The molecule has 1 atom stereocenters. The molecule has 1 aliphatic heterocycles. The van der Waals surface area contributed by atoms with E-state index in [4.69, 9.17) is 5.73 Å². The van der Waals surface area contributed by atoms with Crippen molar-refractivity contribution in [2.45, 2.75) is 32.0 Å². The van der Waals surface area contributed by atoms with Crippen molar-refractivity contribution in [3.63, 3.8) is 0 Å². The SMILES string of the molecule is Cl.N#Cc1c(N2CCCC(N)C2)n(Cc2ccccc2)c2c(=O)n(Cc3cnc4ccccn34)cnc12. The van der Waals surface area contributed by atoms with E-state index in [0.717, 1.165) is 42.1 Å². The number of piperidine rings is 1. The van der Waals surface area contributed by atoms with E-state index in [0.29, 0.717) is 36.2 Å². The molecule has 37 heavy (non-hydrogen) atoms. The minimum atomic E-state index is -0.189. The maximum atomic E-state index is 14.0. The first-order chi connectivity index (χ1) is 17.6. The van der Waals surface area contributed by atoms with Gasteiger partial charge in [-0.1, -0.05) is 36.4 Å². The summed E-state index contributed by atoms with van der Waals surface area (Å²) in [5.74, 6) is 0.726. The number of pyridine rings is 1. The molecule has 5 heterocycles. The second kappa shape index (κ2) is 10.1. The number of fused-ring (bicyclic) bond motifs is 2. The molecule has 2 N–H and O–H groups in total. The van der Waals surface area contributed by atoms with Crippen LogP contribution in [0.3, 0.4) is 0 Å². The number of aromatic nitrogens is 5. The molecule has 5 aromatic rings. The molecular weight excluding hydrogens is 488 g/mol. The molecule has 1 aromatic carbocycles. The number of benzene rings is 1. The van der Waals surface area contributed by atoms with Gasteiger partial charge in [0.2, 0.25) is 0 Å². The average molecular weight is 515 g/mol. The highest BCUT2D eigenvalue weighted by molar-refractivity contribution is 5.89. The summed E-state index contributed by atoms with van der Waals surface area (Å²) in [6, 6.07) is 18.1. The third-order valence-electron chi connectivity index (χ3n) is 6.88. The monoisotopic (exact) mass is 514 g/mol. The molecule has 10 heteroatoms. The Morgan fingerprint density at radius 2 is 1.89 bits per heavy atom. The van der Waals surface area contributed by atoms with Gasteiger partial charge in [-0.05, 0) is 30.5 Å². The second-order valence-corrected chi connectivity index (χ2v) is 9.28. The number of nitrogens with two attached hydrogens (primary N) is 1. The molecule has 6 rings (SSSR count). The number of anilines is 1. The van der Waals surface area contributed by atoms with Gasteiger partial charge in [-0.15, -0.1) is 12.4 Å². The van der Waals surface area contributed by atoms with Crippen molar-refractivity contribution in [1.82, 2.24) is 23.5 Å². The van der Waals surface area contributed by atoms with Gasteiger partial charge in [0.1, 0.15) is 34.1 Å². The fourth-order valence-corrected chi connectivity index (χ4v) is 5.19. The molecule has 9 nitrogen and oxygen atoms in total. The van der Waals surface area contributed by atoms with Gasteiger partial charge < -0.3 is 19.6 Å². The van der Waals surface area contributed by atoms with Crippen molar-refractivity contribution >= 4 is 34.9 Å². The Balaban J connectivity index is 0.00000280. The van der Waals surface area contributed by atoms with Gasteiger partial charge in [-0.2, -0.15) is 5.26 Å². The number of rotatable bonds is 5. The molecule has 4 aromatic heterocycles. The smallest absolute Gasteiger partial charge is 0.278 e. The Hall–Kier alpha value is -4.13. The van der Waals surface area contributed by atoms with Crippen LogP contribution in [0.2, 0.25) is 0 Å². The van der Waals surface area contributed by atoms with Crippen molar-refractivity contribution < 1.29 is 0 Å². The molecule has 0 aliphatic carbocycles. The minimum absolute atomic E-state index is 0. The third-order valence-corrected chi connectivity index (χ3v) is 6.88. The highest BCUT2D eigenvalue weighted by atomic mass is 35.5. The lowest BCUT2D eigenvalue weighted by atomic mass is 10.1. The highest BCUT2D eigenvalue weighted by Crippen LogP contribution is 2.32. The van der Waals surface area contributed by atoms with Gasteiger partial charge in [0, 0.05) is 31.9 Å². The standard InChI is InChI=1S/C27H26N8O.ClH/c28-13-22-24-25(27(36)33(18-31-24)17-21-14-30-23-10-4-5-12-34(21)23)35(15-19-7-2-1-3-8-19)26(22)32-11-6-9-20(29)16-32;/h1-5,7-8,10,12,14,18,20H,6,9,11,15-17,29H2;1H. The van der Waals surface area contributed by atoms with Gasteiger partial charge in [0.05, 0.1) is 24.8 Å². The highest BCUT2D eigenvalue weighted by Gasteiger charge is 2.28. The number of imidazole rings is 1. The summed E-state index contributed by atoms with van der Waals surface area (Å²) < 4.78 is 5.51. The molecule has 0 saturated carbocycles. The normalized spacial score (nSPS) is 15.6. The first-order valence-corrected chi connectivity index (χ1v) is 12.1. The van der Waals surface area contributed by atoms with Gasteiger partial charge in [-0.3, -0.25) is 9.36 Å². The number of nitrogens with zero attached hydrogens (tertiary/aromatic N) is 7. The Labute approximate surface area is 219 Å². The van der Waals surface area contributed by atoms with Crippen LogP contribution < -0.4 is 16.2 Å². The van der Waals surface area contributed by atoms with Crippen LogP contribution in [0.4, 0.5) is 5.82 Å². The molecule has 1 fully saturated rings. The van der Waals surface area contributed by atoms with Crippen LogP contribution in [-0.4, -0.2) is 42.6 Å². The fourth-order valence-electron chi connectivity index (χ4n) is 5.19. The summed E-state index contributed by atoms with van der Waals surface area (Å²) in [5, 5.41) is 10.2. The van der Waals surface area contributed by atoms with E-state index < -0.39 is 0 Å². The lowest BCUT2D eigenvalue weighted by Crippen LogP contribution is -2.44. The molecular formula is C27H27ClN8O. The third kappa shape index (κ3) is 4.35. The largest absolute Gasteiger partial charge is 0.355 e. The number of hydrogen-bond donors (Lipinski definition) is 1. The van der Waals surface area contributed by atoms with Crippen LogP contribution in [0.1, 0.15) is 29.7 Å². The second-order valence-electron chi connectivity index (χ2n) is 9.28. The van der Waals surface area contributed by atoms with E-state index in [1.54, 1.807) is 10.8 Å². The average Bonchev–Trinajstić information content (AvgIpc) is 3.45. The Morgan fingerprint density at radius 1 is 1.08 bits per heavy atom. The summed E-state index contributed by atoms with van der Waals surface area (Å²) in [4.78, 5) is 25.2. The molecule has 0 bridgehead atoms. The zero-order valence-electron chi connectivity index (χ0n) is 20.2. The van der Waals surface area contributed by atoms with Crippen LogP contribution in [-0.2, 0) is 13.1 Å². The van der Waals surface area contributed by atoms with Crippen LogP contribution in [0, 0.1) is 11.3 Å². The van der Waals surface area contributed by atoms with Gasteiger partial charge in [0.25, 0.3) is 5.56 Å². The summed E-state index contributed by atoms with van der Waals surface area (Å²) in [6.45, 7) is 2.19. The Bertz CT molecular complexity index is 1660. The molecule has 0 radical (unpaired) electrons. The predicted octanol–water partition coefficient (Wildman–Crippen LogP) is 3.16. The molecule has 1 unspecified atom stereocenters. The van der Waals surface area contributed by atoms with Gasteiger partial charge >= 0.3 is 0 Å². The van der Waals surface area contributed by atoms with Crippen molar-refractivity contribution in [3.8, 4) is 6.07 Å². The lowest BCUT2D eigenvalue weighted by molar-refractivity contribution is 0.498. The molecule has 1 saturated heterocycles. The van der Waals surface area contributed by atoms with Crippen LogP contribution >= 0.6 is 12.4 Å². The number of hydrogen-bond acceptors (Lipinski definition) is 6. The number of halogens is 1. The Kier molecular flexibility index (Phi) is 6.70. The first kappa shape index (κ1) is 24.6. The van der Waals surface area contributed by atoms with E-state index in [-0.39, 0.29) is 24.0 Å². The predicted molar refractivity (Wildman–Crippen MR) is 145 cm³/mol. The van der Waals surface area contributed by atoms with Crippen LogP contribution in [0.15, 0.2) is 72.0 Å². The van der Waals surface area contributed by atoms with E-state index in [9.17, 15) is 10.1 Å². The molecule has 188 valence electrons. The molecule has 0 amide bonds. The quantitative estimate of drug-likeness (QED) is 0.386. The zero-order valence-corrected chi connectivity index (χ0v) is 21.0. The van der Waals surface area contributed by atoms with E-state index in [1.807, 2.05) is 63.7 Å². The summed E-state index contributed by atoms with van der Waals surface area (Å²) in [5.41, 5.74) is 10.1.